The molecule has 164 valence electrons. The number of halogens is 1. The van der Waals surface area contributed by atoms with Gasteiger partial charge in [-0.25, -0.2) is 0 Å². The molecule has 1 aromatic carbocycles. The van der Waals surface area contributed by atoms with E-state index in [9.17, 15) is 4.79 Å². The second-order valence-corrected chi connectivity index (χ2v) is 11.7. The maximum absolute atomic E-state index is 13.8. The monoisotopic (exact) mass is 428 g/mol. The number of nitrogens with one attached hydrogen (secondary N) is 1. The van der Waals surface area contributed by atoms with E-state index in [-0.39, 0.29) is 16.2 Å². The molecule has 2 unspecified atom stereocenters. The van der Waals surface area contributed by atoms with Crippen molar-refractivity contribution in [1.29, 1.82) is 0 Å². The highest BCUT2D eigenvalue weighted by Gasteiger charge is 2.67. The van der Waals surface area contributed by atoms with Crippen molar-refractivity contribution in [3.05, 3.63) is 35.9 Å². The van der Waals surface area contributed by atoms with E-state index >= 15 is 0 Å². The quantitative estimate of drug-likeness (QED) is 0.636. The van der Waals surface area contributed by atoms with E-state index in [1.165, 1.54) is 18.4 Å². The number of carbonyl (C=O) groups excluding carboxylic acids is 1. The number of carbonyl (C=O) groups is 1. The fraction of sp³-hybridized carbons (Fsp3) is 0.731. The predicted octanol–water partition coefficient (Wildman–Crippen LogP) is 5.16. The van der Waals surface area contributed by atoms with Crippen molar-refractivity contribution in [2.24, 2.45) is 28.4 Å². The van der Waals surface area contributed by atoms with Crippen LogP contribution in [0.3, 0.4) is 0 Å². The number of amides is 1. The van der Waals surface area contributed by atoms with Gasteiger partial charge in [0.2, 0.25) is 5.91 Å². The lowest BCUT2D eigenvalue weighted by Crippen LogP contribution is -2.65. The zero-order chi connectivity index (χ0) is 21.0. The predicted molar refractivity (Wildman–Crippen MR) is 122 cm³/mol. The van der Waals surface area contributed by atoms with Gasteiger partial charge in [0.1, 0.15) is 0 Å². The van der Waals surface area contributed by atoms with Gasteiger partial charge in [-0.1, -0.05) is 37.3 Å². The summed E-state index contributed by atoms with van der Waals surface area (Å²) in [4.78, 5) is 13.8. The number of alkyl halides is 1. The van der Waals surface area contributed by atoms with Crippen LogP contribution < -0.4 is 11.1 Å². The summed E-state index contributed by atoms with van der Waals surface area (Å²) >= 11 is 6.28. The first kappa shape index (κ1) is 20.8. The van der Waals surface area contributed by atoms with Gasteiger partial charge in [-0.3, -0.25) is 4.79 Å². The summed E-state index contributed by atoms with van der Waals surface area (Å²) in [5.74, 6) is 2.24. The Labute approximate surface area is 186 Å². The smallest absolute Gasteiger partial charge is 0.226 e. The van der Waals surface area contributed by atoms with Crippen LogP contribution in [0.4, 0.5) is 0 Å². The van der Waals surface area contributed by atoms with Gasteiger partial charge in [0.25, 0.3) is 0 Å². The molecule has 0 spiro atoms. The molecule has 4 heteroatoms. The van der Waals surface area contributed by atoms with E-state index in [1.807, 2.05) is 0 Å². The maximum Gasteiger partial charge on any atom is 0.226 e. The third kappa shape index (κ3) is 3.23. The summed E-state index contributed by atoms with van der Waals surface area (Å²) in [6.45, 7) is 2.47. The van der Waals surface area contributed by atoms with Gasteiger partial charge in [-0.05, 0) is 92.4 Å². The second-order valence-electron chi connectivity index (χ2n) is 11.3. The molecule has 0 aromatic heterocycles. The Bertz CT molecular complexity index is 769. The van der Waals surface area contributed by atoms with Crippen molar-refractivity contribution in [3.8, 4) is 0 Å². The van der Waals surface area contributed by atoms with Crippen molar-refractivity contribution in [1.82, 2.24) is 5.32 Å². The first-order valence-corrected chi connectivity index (χ1v) is 12.6. The molecule has 1 aromatic rings. The van der Waals surface area contributed by atoms with E-state index in [4.69, 9.17) is 17.3 Å². The Balaban J connectivity index is 1.45. The Morgan fingerprint density at radius 3 is 2.30 bits per heavy atom. The highest BCUT2D eigenvalue weighted by Crippen LogP contribution is 2.72. The van der Waals surface area contributed by atoms with Gasteiger partial charge in [-0.2, -0.15) is 0 Å². The van der Waals surface area contributed by atoms with Crippen molar-refractivity contribution in [2.45, 2.75) is 88.6 Å². The molecule has 1 amide bonds. The largest absolute Gasteiger partial charge is 0.353 e. The number of nitrogens with two attached hydrogens (primary N) is 1. The molecular formula is C26H37ClN2O. The summed E-state index contributed by atoms with van der Waals surface area (Å²) in [7, 11) is 0. The fourth-order valence-corrected chi connectivity index (χ4v) is 8.42. The zero-order valence-corrected chi connectivity index (χ0v) is 19.1. The van der Waals surface area contributed by atoms with E-state index in [2.05, 4.69) is 42.6 Å². The molecule has 4 bridgehead atoms. The summed E-state index contributed by atoms with van der Waals surface area (Å²) in [6.07, 6.45) is 10.7. The van der Waals surface area contributed by atoms with Crippen LogP contribution in [-0.2, 0) is 10.2 Å². The van der Waals surface area contributed by atoms with Gasteiger partial charge < -0.3 is 11.1 Å². The van der Waals surface area contributed by atoms with Gasteiger partial charge in [0, 0.05) is 18.0 Å². The van der Waals surface area contributed by atoms with Crippen LogP contribution in [0.1, 0.15) is 76.7 Å². The van der Waals surface area contributed by atoms with Crippen molar-refractivity contribution in [3.63, 3.8) is 0 Å². The molecule has 5 aliphatic rings. The van der Waals surface area contributed by atoms with Crippen molar-refractivity contribution < 1.29 is 4.79 Å². The molecule has 3 N–H and O–H groups in total. The summed E-state index contributed by atoms with van der Waals surface area (Å²) in [5, 5.41) is 3.50. The number of benzene rings is 1. The van der Waals surface area contributed by atoms with E-state index in [0.29, 0.717) is 29.8 Å². The molecule has 0 aliphatic heterocycles. The molecule has 3 nitrogen and oxygen atoms in total. The highest BCUT2D eigenvalue weighted by atomic mass is 35.5. The molecule has 0 radical (unpaired) electrons. The SMILES string of the molecule is CC1(CCCl)C2CC3(C(=O)N[C@H]4CC[C@H](N)CC4)CC1CC(c1ccccc1)(C2)C3. The van der Waals surface area contributed by atoms with Gasteiger partial charge >= 0.3 is 0 Å². The minimum atomic E-state index is -0.201. The zero-order valence-electron chi connectivity index (χ0n) is 18.3. The first-order chi connectivity index (χ1) is 14.4. The molecule has 2 atom stereocenters. The van der Waals surface area contributed by atoms with E-state index < -0.39 is 0 Å². The van der Waals surface area contributed by atoms with Crippen LogP contribution in [-0.4, -0.2) is 23.9 Å². The summed E-state index contributed by atoms with van der Waals surface area (Å²) in [5.41, 5.74) is 7.78. The Hall–Kier alpha value is -1.06. The standard InChI is InChI=1S/C26H37ClN2O/c1-24(11-12-27)19-13-25(18-5-3-2-4-6-18)14-20(24)16-26(15-19,17-25)23(30)29-22-9-7-21(28)8-10-22/h2-6,19-22H,7-17,28H2,1H3,(H,29,30)/t19?,20?,21-,22-,24?,25?,26?. The third-order valence-electron chi connectivity index (χ3n) is 9.70. The van der Waals surface area contributed by atoms with E-state index in [1.54, 1.807) is 0 Å². The van der Waals surface area contributed by atoms with Gasteiger partial charge in [0.05, 0.1) is 5.41 Å². The van der Waals surface area contributed by atoms with Crippen LogP contribution in [0, 0.1) is 22.7 Å². The third-order valence-corrected chi connectivity index (χ3v) is 9.89. The number of hydrogen-bond donors (Lipinski definition) is 2. The molecule has 0 saturated heterocycles. The van der Waals surface area contributed by atoms with E-state index in [0.717, 1.165) is 57.2 Å². The first-order valence-electron chi connectivity index (χ1n) is 12.1. The minimum absolute atomic E-state index is 0.158. The lowest BCUT2D eigenvalue weighted by atomic mass is 9.36. The normalized spacial score (nSPS) is 44.8. The molecule has 5 saturated carbocycles. The lowest BCUT2D eigenvalue weighted by Gasteiger charge is -2.68. The lowest BCUT2D eigenvalue weighted by molar-refractivity contribution is -0.176. The Morgan fingerprint density at radius 2 is 1.70 bits per heavy atom. The minimum Gasteiger partial charge on any atom is -0.353 e. The molecule has 30 heavy (non-hydrogen) atoms. The average molecular weight is 429 g/mol. The van der Waals surface area contributed by atoms with Gasteiger partial charge in [0.15, 0.2) is 0 Å². The number of hydrogen-bond acceptors (Lipinski definition) is 2. The average Bonchev–Trinajstić information content (AvgIpc) is 2.74. The van der Waals surface area contributed by atoms with Crippen LogP contribution >= 0.6 is 11.6 Å². The molecule has 6 rings (SSSR count). The van der Waals surface area contributed by atoms with Crippen molar-refractivity contribution >= 4 is 17.5 Å². The van der Waals surface area contributed by atoms with Crippen LogP contribution in [0.15, 0.2) is 30.3 Å². The molecular weight excluding hydrogens is 392 g/mol. The van der Waals surface area contributed by atoms with Crippen molar-refractivity contribution in [2.75, 3.05) is 5.88 Å². The second kappa shape index (κ2) is 7.52. The maximum atomic E-state index is 13.8. The summed E-state index contributed by atoms with van der Waals surface area (Å²) < 4.78 is 0. The highest BCUT2D eigenvalue weighted by molar-refractivity contribution is 6.17. The van der Waals surface area contributed by atoms with Gasteiger partial charge in [-0.15, -0.1) is 11.6 Å². The van der Waals surface area contributed by atoms with Crippen LogP contribution in [0.5, 0.6) is 0 Å². The Kier molecular flexibility index (Phi) is 5.22. The fourth-order valence-electron chi connectivity index (χ4n) is 8.01. The molecule has 0 heterocycles. The summed E-state index contributed by atoms with van der Waals surface area (Å²) in [6, 6.07) is 11.7. The topological polar surface area (TPSA) is 55.1 Å². The Morgan fingerprint density at radius 1 is 1.07 bits per heavy atom. The van der Waals surface area contributed by atoms with Crippen LogP contribution in [0.2, 0.25) is 0 Å². The van der Waals surface area contributed by atoms with Crippen LogP contribution in [0.25, 0.3) is 0 Å². The molecule has 5 aliphatic carbocycles. The molecule has 5 fully saturated rings. The number of rotatable bonds is 5.